The second-order valence-electron chi connectivity index (χ2n) is 5.24. The van der Waals surface area contributed by atoms with Crippen molar-refractivity contribution in [1.82, 2.24) is 4.90 Å². The van der Waals surface area contributed by atoms with Gasteiger partial charge in [0.2, 0.25) is 0 Å². The number of fused-ring (bicyclic) bond motifs is 1. The topological polar surface area (TPSA) is 6.48 Å². The van der Waals surface area contributed by atoms with Gasteiger partial charge in [-0.1, -0.05) is 80.5 Å². The molecule has 2 aliphatic heterocycles. The first-order chi connectivity index (χ1) is 12.4. The maximum Gasteiger partial charge on any atom is 0.0402 e. The van der Waals surface area contributed by atoms with Gasteiger partial charge in [0.1, 0.15) is 0 Å². The Kier molecular flexibility index (Phi) is 24.3. The summed E-state index contributed by atoms with van der Waals surface area (Å²) in [6.45, 7) is 23.3. The molecule has 1 aromatic rings. The molecule has 0 aliphatic carbocycles. The smallest absolute Gasteiger partial charge is 0.0402 e. The van der Waals surface area contributed by atoms with Crippen LogP contribution in [0.1, 0.15) is 80.7 Å². The third-order valence-corrected chi connectivity index (χ3v) is 4.37. The summed E-state index contributed by atoms with van der Waals surface area (Å²) >= 11 is 0. The molecule has 3 heteroatoms. The molecular weight excluding hydrogens is 355 g/mol. The minimum Gasteiger partial charge on any atom is -0.368 e. The Labute approximate surface area is 177 Å². The summed E-state index contributed by atoms with van der Waals surface area (Å²) in [5, 5.41) is 0. The Bertz CT molecular complexity index is 388. The largest absolute Gasteiger partial charge is 0.368 e. The number of benzene rings is 1. The van der Waals surface area contributed by atoms with Crippen LogP contribution in [0.4, 0.5) is 5.69 Å². The number of anilines is 1. The van der Waals surface area contributed by atoms with Crippen molar-refractivity contribution < 1.29 is 18.6 Å². The molecule has 0 atom stereocenters. The second-order valence-corrected chi connectivity index (χ2v) is 5.24. The van der Waals surface area contributed by atoms with Gasteiger partial charge in [0, 0.05) is 49.9 Å². The zero-order valence-electron chi connectivity index (χ0n) is 19.2. The molecule has 2 aliphatic rings. The molecule has 0 spiro atoms. The molecule has 1 radical (unpaired) electrons. The van der Waals surface area contributed by atoms with E-state index in [1.807, 2.05) is 55.4 Å². The van der Waals surface area contributed by atoms with E-state index in [2.05, 4.69) is 41.0 Å². The predicted octanol–water partition coefficient (Wildman–Crippen LogP) is 6.64. The number of para-hydroxylation sites is 1. The van der Waals surface area contributed by atoms with Crippen molar-refractivity contribution in [3.05, 3.63) is 29.8 Å². The average Bonchev–Trinajstić information content (AvgIpc) is 3.18. The van der Waals surface area contributed by atoms with Gasteiger partial charge in [0.25, 0.3) is 0 Å². The van der Waals surface area contributed by atoms with E-state index in [0.717, 1.165) is 6.04 Å². The summed E-state index contributed by atoms with van der Waals surface area (Å²) in [7, 11) is 0. The Hall–Kier alpha value is -0.436. The van der Waals surface area contributed by atoms with Crippen molar-refractivity contribution in [3.63, 3.8) is 0 Å². The molecule has 0 aromatic heterocycles. The van der Waals surface area contributed by atoms with Gasteiger partial charge in [-0.2, -0.15) is 0 Å². The SMILES string of the molecule is CC.CC.CC.CC.CCN1CCC(N2CCc3ccccc32)CC1.[V]. The third kappa shape index (κ3) is 9.49. The van der Waals surface area contributed by atoms with E-state index in [9.17, 15) is 0 Å². The zero-order valence-corrected chi connectivity index (χ0v) is 20.6. The van der Waals surface area contributed by atoms with E-state index in [-0.39, 0.29) is 18.6 Å². The molecule has 153 valence electrons. The summed E-state index contributed by atoms with van der Waals surface area (Å²) in [4.78, 5) is 5.22. The van der Waals surface area contributed by atoms with Crippen molar-refractivity contribution in [3.8, 4) is 0 Å². The van der Waals surface area contributed by atoms with Crippen LogP contribution in [0, 0.1) is 0 Å². The normalized spacial score (nSPS) is 15.2. The summed E-state index contributed by atoms with van der Waals surface area (Å²) in [6, 6.07) is 9.72. The summed E-state index contributed by atoms with van der Waals surface area (Å²) < 4.78 is 0. The van der Waals surface area contributed by atoms with Crippen LogP contribution < -0.4 is 4.90 Å². The maximum atomic E-state index is 2.66. The van der Waals surface area contributed by atoms with Crippen LogP contribution in [-0.4, -0.2) is 37.1 Å². The average molecular weight is 402 g/mol. The quantitative estimate of drug-likeness (QED) is 0.548. The van der Waals surface area contributed by atoms with Crippen LogP contribution in [0.3, 0.4) is 0 Å². The Morgan fingerprint density at radius 1 is 0.808 bits per heavy atom. The van der Waals surface area contributed by atoms with Crippen molar-refractivity contribution in [2.24, 2.45) is 0 Å². The molecule has 0 saturated carbocycles. The summed E-state index contributed by atoms with van der Waals surface area (Å²) in [6.07, 6.45) is 3.91. The first kappa shape index (κ1) is 30.3. The molecule has 1 saturated heterocycles. The number of nitrogens with zero attached hydrogens (tertiary/aromatic N) is 2. The molecule has 0 amide bonds. The van der Waals surface area contributed by atoms with E-state index in [1.54, 1.807) is 5.56 Å². The molecule has 1 fully saturated rings. The third-order valence-electron chi connectivity index (χ3n) is 4.37. The number of hydrogen-bond donors (Lipinski definition) is 0. The van der Waals surface area contributed by atoms with Gasteiger partial charge in [-0.05, 0) is 37.4 Å². The molecule has 1 aromatic carbocycles. The van der Waals surface area contributed by atoms with Crippen molar-refractivity contribution in [1.29, 1.82) is 0 Å². The number of piperidine rings is 1. The van der Waals surface area contributed by atoms with E-state index in [1.165, 1.54) is 51.1 Å². The molecule has 0 bridgehead atoms. The predicted molar refractivity (Wildman–Crippen MR) is 118 cm³/mol. The molecule has 3 rings (SSSR count). The van der Waals surface area contributed by atoms with Gasteiger partial charge in [-0.15, -0.1) is 0 Å². The van der Waals surface area contributed by atoms with Crippen LogP contribution >= 0.6 is 0 Å². The van der Waals surface area contributed by atoms with Gasteiger partial charge >= 0.3 is 0 Å². The summed E-state index contributed by atoms with van der Waals surface area (Å²) in [5.74, 6) is 0. The van der Waals surface area contributed by atoms with Gasteiger partial charge in [0.05, 0.1) is 0 Å². The van der Waals surface area contributed by atoms with Crippen LogP contribution in [0.2, 0.25) is 0 Å². The van der Waals surface area contributed by atoms with E-state index in [4.69, 9.17) is 0 Å². The van der Waals surface area contributed by atoms with E-state index < -0.39 is 0 Å². The van der Waals surface area contributed by atoms with Crippen LogP contribution in [0.15, 0.2) is 24.3 Å². The Morgan fingerprint density at radius 2 is 1.31 bits per heavy atom. The molecule has 0 unspecified atom stereocenters. The zero-order chi connectivity index (χ0) is 19.7. The molecule has 2 heterocycles. The fraction of sp³-hybridized carbons (Fsp3) is 0.739. The number of likely N-dealkylation sites (tertiary alicyclic amines) is 1. The van der Waals surface area contributed by atoms with E-state index >= 15 is 0 Å². The van der Waals surface area contributed by atoms with Crippen LogP contribution in [0.25, 0.3) is 0 Å². The Morgan fingerprint density at radius 3 is 1.81 bits per heavy atom. The molecule has 0 N–H and O–H groups in total. The molecule has 2 nitrogen and oxygen atoms in total. The fourth-order valence-electron chi connectivity index (χ4n) is 3.29. The monoisotopic (exact) mass is 401 g/mol. The van der Waals surface area contributed by atoms with E-state index in [0.29, 0.717) is 0 Å². The van der Waals surface area contributed by atoms with Crippen LogP contribution in [0.5, 0.6) is 0 Å². The first-order valence-electron chi connectivity index (χ1n) is 11.0. The van der Waals surface area contributed by atoms with Crippen molar-refractivity contribution in [2.45, 2.75) is 87.6 Å². The van der Waals surface area contributed by atoms with Gasteiger partial charge in [0.15, 0.2) is 0 Å². The molecular formula is C23H46N2V. The number of rotatable bonds is 2. The first-order valence-corrected chi connectivity index (χ1v) is 11.0. The van der Waals surface area contributed by atoms with Crippen molar-refractivity contribution in [2.75, 3.05) is 31.1 Å². The minimum absolute atomic E-state index is 0. The second kappa shape index (κ2) is 20.9. The minimum atomic E-state index is 0. The van der Waals surface area contributed by atoms with Crippen molar-refractivity contribution >= 4 is 5.69 Å². The maximum absolute atomic E-state index is 2.66. The van der Waals surface area contributed by atoms with Gasteiger partial charge in [-0.3, -0.25) is 0 Å². The number of hydrogen-bond acceptors (Lipinski definition) is 2. The molecule has 26 heavy (non-hydrogen) atoms. The van der Waals surface area contributed by atoms with Gasteiger partial charge < -0.3 is 9.80 Å². The fourth-order valence-corrected chi connectivity index (χ4v) is 3.29. The van der Waals surface area contributed by atoms with Gasteiger partial charge in [-0.25, -0.2) is 0 Å². The Balaban J connectivity index is -0.000000524. The summed E-state index contributed by atoms with van der Waals surface area (Å²) in [5.41, 5.74) is 3.05. The van der Waals surface area contributed by atoms with Crippen LogP contribution in [-0.2, 0) is 25.0 Å². The standard InChI is InChI=1S/C15H22N2.4C2H6.V/c1-2-16-10-8-14(9-11-16)17-12-7-13-5-3-4-6-15(13)17;4*1-2;/h3-6,14H,2,7-12H2,1H3;4*1-2H3;.